The van der Waals surface area contributed by atoms with Crippen molar-refractivity contribution in [2.24, 2.45) is 11.8 Å². The molecular weight excluding hydrogens is 366 g/mol. The van der Waals surface area contributed by atoms with Gasteiger partial charge in [0.25, 0.3) is 0 Å². The van der Waals surface area contributed by atoms with Crippen LogP contribution in [0.5, 0.6) is 5.75 Å². The fraction of sp³-hybridized carbons (Fsp3) is 0.652. The van der Waals surface area contributed by atoms with Gasteiger partial charge in [0.05, 0.1) is 12.3 Å². The molecule has 0 bridgehead atoms. The van der Waals surface area contributed by atoms with Crippen molar-refractivity contribution < 1.29 is 14.3 Å². The van der Waals surface area contributed by atoms with Gasteiger partial charge in [-0.1, -0.05) is 45.7 Å². The number of amides is 3. The molecule has 1 atom stereocenters. The van der Waals surface area contributed by atoms with Gasteiger partial charge in [0, 0.05) is 32.1 Å². The van der Waals surface area contributed by atoms with Crippen molar-refractivity contribution in [3.05, 3.63) is 24.3 Å². The first-order valence-corrected chi connectivity index (χ1v) is 11.0. The minimum atomic E-state index is -0.265. The van der Waals surface area contributed by atoms with E-state index in [1.54, 1.807) is 4.90 Å². The first-order chi connectivity index (χ1) is 14.0. The maximum absolute atomic E-state index is 12.6. The second kappa shape index (κ2) is 11.7. The Hall–Kier alpha value is -2.24. The van der Waals surface area contributed by atoms with E-state index in [2.05, 4.69) is 31.0 Å². The van der Waals surface area contributed by atoms with Crippen molar-refractivity contribution in [2.75, 3.05) is 37.7 Å². The van der Waals surface area contributed by atoms with E-state index >= 15 is 0 Å². The van der Waals surface area contributed by atoms with E-state index in [0.717, 1.165) is 50.2 Å². The zero-order valence-electron chi connectivity index (χ0n) is 18.4. The van der Waals surface area contributed by atoms with Crippen LogP contribution < -0.4 is 15.0 Å². The Labute approximate surface area is 175 Å². The highest BCUT2D eigenvalue weighted by Crippen LogP contribution is 2.28. The molecule has 0 aliphatic carbocycles. The summed E-state index contributed by atoms with van der Waals surface area (Å²) in [5, 5.41) is 2.65. The summed E-state index contributed by atoms with van der Waals surface area (Å²) in [6.07, 6.45) is 3.62. The maximum Gasteiger partial charge on any atom is 0.324 e. The topological polar surface area (TPSA) is 61.9 Å². The fourth-order valence-corrected chi connectivity index (χ4v) is 3.72. The Morgan fingerprint density at radius 2 is 1.72 bits per heavy atom. The number of para-hydroxylation sites is 2. The average Bonchev–Trinajstić information content (AvgIpc) is 2.71. The zero-order chi connectivity index (χ0) is 21.2. The summed E-state index contributed by atoms with van der Waals surface area (Å²) >= 11 is 0. The van der Waals surface area contributed by atoms with E-state index in [1.807, 2.05) is 31.2 Å². The van der Waals surface area contributed by atoms with E-state index in [4.69, 9.17) is 4.74 Å². The molecule has 1 aliphatic heterocycles. The summed E-state index contributed by atoms with van der Waals surface area (Å²) in [6.45, 7) is 11.6. The number of nitrogens with zero attached hydrogens (tertiary/aromatic N) is 2. The molecule has 6 heteroatoms. The molecule has 0 radical (unpaired) electrons. The summed E-state index contributed by atoms with van der Waals surface area (Å²) in [4.78, 5) is 29.2. The molecule has 0 aromatic heterocycles. The minimum absolute atomic E-state index is 0.0780. The molecule has 1 heterocycles. The smallest absolute Gasteiger partial charge is 0.324 e. The monoisotopic (exact) mass is 403 g/mol. The molecule has 1 aromatic rings. The van der Waals surface area contributed by atoms with Gasteiger partial charge in [-0.05, 0) is 37.8 Å². The molecule has 6 nitrogen and oxygen atoms in total. The van der Waals surface area contributed by atoms with Crippen molar-refractivity contribution in [3.8, 4) is 5.75 Å². The van der Waals surface area contributed by atoms with Crippen molar-refractivity contribution >= 4 is 17.6 Å². The predicted octanol–water partition coefficient (Wildman–Crippen LogP) is 4.30. The first kappa shape index (κ1) is 23.0. The lowest BCUT2D eigenvalue weighted by Gasteiger charge is -2.36. The van der Waals surface area contributed by atoms with Crippen molar-refractivity contribution in [2.45, 2.75) is 53.4 Å². The van der Waals surface area contributed by atoms with E-state index in [0.29, 0.717) is 25.6 Å². The van der Waals surface area contributed by atoms with Crippen LogP contribution >= 0.6 is 0 Å². The Morgan fingerprint density at radius 1 is 1.03 bits per heavy atom. The standard InChI is InChI=1S/C23H37N3O3/c1-5-9-19(13-12-18(3)4)22(27)24-23(28)26-16-14-25(15-17-26)20-10-7-8-11-21(20)29-6-2/h7-8,10-11,18-19H,5-6,9,12-17H2,1-4H3,(H,24,27,28)/t19-/m0/s1. The van der Waals surface area contributed by atoms with Gasteiger partial charge in [0.1, 0.15) is 5.75 Å². The highest BCUT2D eigenvalue weighted by molar-refractivity contribution is 5.95. The van der Waals surface area contributed by atoms with Crippen LogP contribution in [0.25, 0.3) is 0 Å². The highest BCUT2D eigenvalue weighted by atomic mass is 16.5. The normalized spacial score (nSPS) is 15.3. The molecule has 0 saturated carbocycles. The Morgan fingerprint density at radius 3 is 2.34 bits per heavy atom. The second-order valence-electron chi connectivity index (χ2n) is 8.13. The third kappa shape index (κ3) is 6.94. The summed E-state index contributed by atoms with van der Waals surface area (Å²) in [6, 6.07) is 7.73. The molecule has 3 amide bonds. The zero-order valence-corrected chi connectivity index (χ0v) is 18.4. The molecule has 1 aromatic carbocycles. The van der Waals surface area contributed by atoms with Crippen LogP contribution in [0, 0.1) is 11.8 Å². The van der Waals surface area contributed by atoms with Gasteiger partial charge in [-0.25, -0.2) is 4.79 Å². The highest BCUT2D eigenvalue weighted by Gasteiger charge is 2.26. The molecule has 0 unspecified atom stereocenters. The SMILES string of the molecule is CCC[C@@H](CCC(C)C)C(=O)NC(=O)N1CCN(c2ccccc2OCC)CC1. The van der Waals surface area contributed by atoms with Gasteiger partial charge in [0.15, 0.2) is 0 Å². The van der Waals surface area contributed by atoms with Gasteiger partial charge in [-0.3, -0.25) is 10.1 Å². The summed E-state index contributed by atoms with van der Waals surface area (Å²) in [7, 11) is 0. The number of rotatable bonds is 9. The Balaban J connectivity index is 1.88. The minimum Gasteiger partial charge on any atom is -0.492 e. The van der Waals surface area contributed by atoms with Crippen LogP contribution in [0.3, 0.4) is 0 Å². The van der Waals surface area contributed by atoms with Gasteiger partial charge in [-0.15, -0.1) is 0 Å². The van der Waals surface area contributed by atoms with Crippen molar-refractivity contribution in [1.29, 1.82) is 0 Å². The van der Waals surface area contributed by atoms with Crippen LogP contribution in [0.4, 0.5) is 10.5 Å². The lowest BCUT2D eigenvalue weighted by molar-refractivity contribution is -0.124. The molecule has 0 spiro atoms. The molecule has 162 valence electrons. The number of piperazine rings is 1. The largest absolute Gasteiger partial charge is 0.492 e. The fourth-order valence-electron chi connectivity index (χ4n) is 3.72. The predicted molar refractivity (Wildman–Crippen MR) is 117 cm³/mol. The number of anilines is 1. The number of nitrogens with one attached hydrogen (secondary N) is 1. The molecule has 1 fully saturated rings. The average molecular weight is 404 g/mol. The summed E-state index contributed by atoms with van der Waals surface area (Å²) < 4.78 is 5.73. The van der Waals surface area contributed by atoms with Crippen LogP contribution in [-0.4, -0.2) is 49.6 Å². The van der Waals surface area contributed by atoms with Crippen molar-refractivity contribution in [1.82, 2.24) is 10.2 Å². The maximum atomic E-state index is 12.6. The lowest BCUT2D eigenvalue weighted by Crippen LogP contribution is -2.53. The number of carbonyl (C=O) groups is 2. The number of imide groups is 1. The van der Waals surface area contributed by atoms with Gasteiger partial charge < -0.3 is 14.5 Å². The number of ether oxygens (including phenoxy) is 1. The molecule has 2 rings (SSSR count). The molecule has 1 aliphatic rings. The van der Waals surface area contributed by atoms with E-state index in [-0.39, 0.29) is 17.9 Å². The van der Waals surface area contributed by atoms with Crippen LogP contribution in [0.15, 0.2) is 24.3 Å². The molecule has 29 heavy (non-hydrogen) atoms. The number of hydrogen-bond acceptors (Lipinski definition) is 4. The first-order valence-electron chi connectivity index (χ1n) is 11.0. The Bertz CT molecular complexity index is 655. The summed E-state index contributed by atoms with van der Waals surface area (Å²) in [5.74, 6) is 1.23. The van der Waals surface area contributed by atoms with Crippen molar-refractivity contribution in [3.63, 3.8) is 0 Å². The van der Waals surface area contributed by atoms with Crippen LogP contribution in [-0.2, 0) is 4.79 Å². The summed E-state index contributed by atoms with van der Waals surface area (Å²) in [5.41, 5.74) is 1.06. The van der Waals surface area contributed by atoms with E-state index in [9.17, 15) is 9.59 Å². The van der Waals surface area contributed by atoms with Crippen LogP contribution in [0.2, 0.25) is 0 Å². The molecule has 1 saturated heterocycles. The Kier molecular flexibility index (Phi) is 9.29. The quantitative estimate of drug-likeness (QED) is 0.668. The van der Waals surface area contributed by atoms with Gasteiger partial charge in [-0.2, -0.15) is 0 Å². The van der Waals surface area contributed by atoms with Gasteiger partial charge >= 0.3 is 6.03 Å². The lowest BCUT2D eigenvalue weighted by atomic mass is 9.93. The van der Waals surface area contributed by atoms with Crippen LogP contribution in [0.1, 0.15) is 53.4 Å². The number of urea groups is 1. The number of benzene rings is 1. The number of hydrogen-bond donors (Lipinski definition) is 1. The second-order valence-corrected chi connectivity index (χ2v) is 8.13. The third-order valence-corrected chi connectivity index (χ3v) is 5.40. The number of carbonyl (C=O) groups excluding carboxylic acids is 2. The van der Waals surface area contributed by atoms with Gasteiger partial charge in [0.2, 0.25) is 5.91 Å². The molecular formula is C23H37N3O3. The third-order valence-electron chi connectivity index (χ3n) is 5.40. The van der Waals surface area contributed by atoms with E-state index < -0.39 is 0 Å². The van der Waals surface area contributed by atoms with E-state index in [1.165, 1.54) is 0 Å². The molecule has 1 N–H and O–H groups in total.